The van der Waals surface area contributed by atoms with E-state index in [2.05, 4.69) is 10.3 Å². The Bertz CT molecular complexity index is 490. The van der Waals surface area contributed by atoms with Crippen LogP contribution in [0.2, 0.25) is 5.15 Å². The number of rotatable bonds is 4. The monoisotopic (exact) mass is 300 g/mol. The lowest BCUT2D eigenvalue weighted by molar-refractivity contribution is 0.0717. The number of carbonyl (C=O) groups excluding carboxylic acids is 1. The van der Waals surface area contributed by atoms with Crippen LogP contribution in [0.4, 0.5) is 4.39 Å². The Labute approximate surface area is 122 Å². The molecule has 1 amide bonds. The minimum Gasteiger partial charge on any atom is -0.396 e. The number of hydrogen-bond acceptors (Lipinski definition) is 3. The summed E-state index contributed by atoms with van der Waals surface area (Å²) >= 11 is 5.79. The van der Waals surface area contributed by atoms with Crippen LogP contribution >= 0.6 is 11.6 Å². The van der Waals surface area contributed by atoms with Crippen LogP contribution in [0.25, 0.3) is 0 Å². The Kier molecular flexibility index (Phi) is 4.94. The highest BCUT2D eigenvalue weighted by molar-refractivity contribution is 6.32. The van der Waals surface area contributed by atoms with Crippen molar-refractivity contribution in [2.24, 2.45) is 5.41 Å². The lowest BCUT2D eigenvalue weighted by atomic mass is 9.74. The van der Waals surface area contributed by atoms with Crippen LogP contribution in [0.15, 0.2) is 12.3 Å². The third-order valence-electron chi connectivity index (χ3n) is 3.92. The summed E-state index contributed by atoms with van der Waals surface area (Å²) in [5.41, 5.74) is -0.239. The number of carbonyl (C=O) groups is 1. The van der Waals surface area contributed by atoms with Gasteiger partial charge in [0.1, 0.15) is 11.0 Å². The molecule has 2 rings (SSSR count). The summed E-state index contributed by atoms with van der Waals surface area (Å²) in [6.07, 6.45) is 6.01. The molecule has 1 aromatic heterocycles. The Balaban J connectivity index is 2.02. The van der Waals surface area contributed by atoms with Gasteiger partial charge >= 0.3 is 0 Å². The van der Waals surface area contributed by atoms with Gasteiger partial charge in [-0.15, -0.1) is 0 Å². The molecule has 0 saturated heterocycles. The van der Waals surface area contributed by atoms with Crippen LogP contribution in [0.5, 0.6) is 0 Å². The number of aromatic nitrogens is 1. The van der Waals surface area contributed by atoms with Crippen molar-refractivity contribution in [3.63, 3.8) is 0 Å². The Morgan fingerprint density at radius 1 is 1.45 bits per heavy atom. The molecule has 0 aromatic carbocycles. The van der Waals surface area contributed by atoms with E-state index in [4.69, 9.17) is 11.6 Å². The second-order valence-electron chi connectivity index (χ2n) is 5.39. The van der Waals surface area contributed by atoms with E-state index >= 15 is 0 Å². The molecule has 1 saturated carbocycles. The Morgan fingerprint density at radius 2 is 2.15 bits per heavy atom. The fraction of sp³-hybridized carbons (Fsp3) is 0.571. The number of hydrogen-bond donors (Lipinski definition) is 2. The molecule has 4 nitrogen and oxygen atoms in total. The predicted molar refractivity (Wildman–Crippen MR) is 74.1 cm³/mol. The number of nitrogens with zero attached hydrogens (tertiary/aromatic N) is 1. The van der Waals surface area contributed by atoms with Crippen LogP contribution in [0.1, 0.15) is 42.5 Å². The summed E-state index contributed by atoms with van der Waals surface area (Å²) in [6.45, 7) is 0.414. The average molecular weight is 301 g/mol. The van der Waals surface area contributed by atoms with Crippen LogP contribution in [0.3, 0.4) is 0 Å². The molecule has 1 aliphatic rings. The van der Waals surface area contributed by atoms with E-state index in [1.54, 1.807) is 0 Å². The van der Waals surface area contributed by atoms with Gasteiger partial charge in [0.2, 0.25) is 0 Å². The van der Waals surface area contributed by atoms with E-state index in [0.29, 0.717) is 6.54 Å². The fourth-order valence-electron chi connectivity index (χ4n) is 2.64. The molecule has 0 radical (unpaired) electrons. The number of amides is 1. The van der Waals surface area contributed by atoms with Crippen molar-refractivity contribution >= 4 is 17.5 Å². The summed E-state index contributed by atoms with van der Waals surface area (Å²) in [5.74, 6) is -1.06. The number of aliphatic hydroxyl groups is 1. The molecule has 1 aliphatic carbocycles. The lowest BCUT2D eigenvalue weighted by Gasteiger charge is -2.35. The molecule has 0 atom stereocenters. The van der Waals surface area contributed by atoms with E-state index in [0.717, 1.165) is 44.4 Å². The third kappa shape index (κ3) is 3.46. The first kappa shape index (κ1) is 15.2. The van der Waals surface area contributed by atoms with Gasteiger partial charge in [-0.2, -0.15) is 0 Å². The minimum atomic E-state index is -0.603. The number of halogens is 2. The largest absolute Gasteiger partial charge is 0.396 e. The fourth-order valence-corrected chi connectivity index (χ4v) is 2.83. The molecular formula is C14H18ClFN2O2. The van der Waals surface area contributed by atoms with Crippen LogP contribution < -0.4 is 5.32 Å². The first-order valence-electron chi connectivity index (χ1n) is 6.76. The highest BCUT2D eigenvalue weighted by Crippen LogP contribution is 2.35. The predicted octanol–water partition coefficient (Wildman–Crippen LogP) is 2.55. The van der Waals surface area contributed by atoms with E-state index in [-0.39, 0.29) is 22.7 Å². The van der Waals surface area contributed by atoms with E-state index in [1.165, 1.54) is 0 Å². The Hall–Kier alpha value is -1.20. The first-order chi connectivity index (χ1) is 9.56. The molecule has 6 heteroatoms. The highest BCUT2D eigenvalue weighted by Gasteiger charge is 2.32. The standard InChI is InChI=1S/C14H18ClFN2O2/c15-12-11(6-10(16)7-17-12)13(20)18-8-14(9-19)4-2-1-3-5-14/h6-7,19H,1-5,8-9H2,(H,18,20). The van der Waals surface area contributed by atoms with Crippen molar-refractivity contribution in [3.05, 3.63) is 28.8 Å². The van der Waals surface area contributed by atoms with Gasteiger partial charge in [0, 0.05) is 12.0 Å². The zero-order valence-corrected chi connectivity index (χ0v) is 11.9. The summed E-state index contributed by atoms with van der Waals surface area (Å²) in [4.78, 5) is 15.6. The van der Waals surface area contributed by atoms with Gasteiger partial charge in [-0.05, 0) is 18.9 Å². The highest BCUT2D eigenvalue weighted by atomic mass is 35.5. The second-order valence-corrected chi connectivity index (χ2v) is 5.75. The lowest BCUT2D eigenvalue weighted by Crippen LogP contribution is -2.41. The van der Waals surface area contributed by atoms with Gasteiger partial charge in [-0.1, -0.05) is 30.9 Å². The number of nitrogens with one attached hydrogen (secondary N) is 1. The zero-order valence-electron chi connectivity index (χ0n) is 11.2. The molecule has 0 aliphatic heterocycles. The maximum Gasteiger partial charge on any atom is 0.254 e. The maximum absolute atomic E-state index is 13.1. The topological polar surface area (TPSA) is 62.2 Å². The van der Waals surface area contributed by atoms with Crippen LogP contribution in [-0.4, -0.2) is 29.1 Å². The molecule has 0 unspecified atom stereocenters. The second kappa shape index (κ2) is 6.50. The van der Waals surface area contributed by atoms with Gasteiger partial charge in [0.15, 0.2) is 0 Å². The van der Waals surface area contributed by atoms with Crippen molar-refractivity contribution in [1.82, 2.24) is 10.3 Å². The summed E-state index contributed by atoms with van der Waals surface area (Å²) < 4.78 is 13.1. The summed E-state index contributed by atoms with van der Waals surface area (Å²) in [7, 11) is 0. The maximum atomic E-state index is 13.1. The third-order valence-corrected chi connectivity index (χ3v) is 4.23. The molecule has 0 spiro atoms. The first-order valence-corrected chi connectivity index (χ1v) is 7.14. The molecule has 0 bridgehead atoms. The van der Waals surface area contributed by atoms with Crippen molar-refractivity contribution in [1.29, 1.82) is 0 Å². The van der Waals surface area contributed by atoms with E-state index in [9.17, 15) is 14.3 Å². The van der Waals surface area contributed by atoms with Crippen molar-refractivity contribution < 1.29 is 14.3 Å². The quantitative estimate of drug-likeness (QED) is 0.840. The molecular weight excluding hydrogens is 283 g/mol. The van der Waals surface area contributed by atoms with Gasteiger partial charge < -0.3 is 10.4 Å². The van der Waals surface area contributed by atoms with Crippen molar-refractivity contribution in [3.8, 4) is 0 Å². The van der Waals surface area contributed by atoms with Gasteiger partial charge in [-0.3, -0.25) is 4.79 Å². The van der Waals surface area contributed by atoms with Gasteiger partial charge in [0.05, 0.1) is 18.4 Å². The van der Waals surface area contributed by atoms with Gasteiger partial charge in [-0.25, -0.2) is 9.37 Å². The number of pyridine rings is 1. The average Bonchev–Trinajstić information content (AvgIpc) is 2.48. The molecule has 2 N–H and O–H groups in total. The van der Waals surface area contributed by atoms with Gasteiger partial charge in [0.25, 0.3) is 5.91 Å². The van der Waals surface area contributed by atoms with Crippen molar-refractivity contribution in [2.45, 2.75) is 32.1 Å². The molecule has 1 aromatic rings. The Morgan fingerprint density at radius 3 is 2.80 bits per heavy atom. The molecule has 20 heavy (non-hydrogen) atoms. The molecule has 110 valence electrons. The van der Waals surface area contributed by atoms with E-state index < -0.39 is 11.7 Å². The van der Waals surface area contributed by atoms with E-state index in [1.807, 2.05) is 0 Å². The number of aliphatic hydroxyl groups excluding tert-OH is 1. The van der Waals surface area contributed by atoms with Crippen LogP contribution in [0, 0.1) is 11.2 Å². The summed E-state index contributed by atoms with van der Waals surface area (Å²) in [6, 6.07) is 1.07. The molecule has 1 heterocycles. The normalized spacial score (nSPS) is 17.8. The smallest absolute Gasteiger partial charge is 0.254 e. The zero-order chi connectivity index (χ0) is 14.6. The molecule has 1 fully saturated rings. The van der Waals surface area contributed by atoms with Crippen molar-refractivity contribution in [2.75, 3.05) is 13.2 Å². The minimum absolute atomic E-state index is 0.0226. The summed E-state index contributed by atoms with van der Waals surface area (Å²) in [5, 5.41) is 12.3. The van der Waals surface area contributed by atoms with Crippen LogP contribution in [-0.2, 0) is 0 Å². The SMILES string of the molecule is O=C(NCC1(CO)CCCCC1)c1cc(F)cnc1Cl.